The molecule has 4 nitrogen and oxygen atoms in total. The van der Waals surface area contributed by atoms with Crippen LogP contribution in [0, 0.1) is 17.5 Å². The lowest BCUT2D eigenvalue weighted by molar-refractivity contribution is 0.102. The summed E-state index contributed by atoms with van der Waals surface area (Å²) < 4.78 is 40.0. The van der Waals surface area contributed by atoms with Crippen molar-refractivity contribution in [3.63, 3.8) is 0 Å². The lowest BCUT2D eigenvalue weighted by Gasteiger charge is -2.38. The molecule has 0 saturated carbocycles. The van der Waals surface area contributed by atoms with Crippen molar-refractivity contribution in [2.75, 3.05) is 36.4 Å². The number of hydrogen-bond acceptors (Lipinski definition) is 3. The van der Waals surface area contributed by atoms with Gasteiger partial charge in [-0.3, -0.25) is 9.69 Å². The van der Waals surface area contributed by atoms with E-state index in [9.17, 15) is 18.0 Å². The second kappa shape index (κ2) is 8.00. The van der Waals surface area contributed by atoms with E-state index in [4.69, 9.17) is 0 Å². The monoisotopic (exact) mass is 377 g/mol. The normalized spacial score (nSPS) is 15.3. The Bertz CT molecular complexity index is 816. The Labute approximate surface area is 156 Å². The highest BCUT2D eigenvalue weighted by Crippen LogP contribution is 2.21. The van der Waals surface area contributed by atoms with Crippen LogP contribution < -0.4 is 10.2 Å². The van der Waals surface area contributed by atoms with Crippen LogP contribution in [0.1, 0.15) is 24.2 Å². The van der Waals surface area contributed by atoms with Crippen molar-refractivity contribution in [1.29, 1.82) is 0 Å². The van der Waals surface area contributed by atoms with Crippen LogP contribution in [-0.2, 0) is 0 Å². The molecule has 1 amide bonds. The number of rotatable bonds is 4. The zero-order valence-corrected chi connectivity index (χ0v) is 15.3. The number of hydrogen-bond donors (Lipinski definition) is 1. The SMILES string of the molecule is CC(C)N1CCN(c2ccc(NC(=O)c3ccc(F)c(F)c3F)cc2)CC1. The van der Waals surface area contributed by atoms with Gasteiger partial charge in [-0.2, -0.15) is 0 Å². The molecular formula is C20H22F3N3O. The molecule has 0 radical (unpaired) electrons. The molecular weight excluding hydrogens is 355 g/mol. The van der Waals surface area contributed by atoms with Gasteiger partial charge in [0.25, 0.3) is 5.91 Å². The quantitative estimate of drug-likeness (QED) is 0.822. The van der Waals surface area contributed by atoms with Crippen LogP contribution in [0.3, 0.4) is 0 Å². The molecule has 0 unspecified atom stereocenters. The fraction of sp³-hybridized carbons (Fsp3) is 0.350. The summed E-state index contributed by atoms with van der Waals surface area (Å²) in [6, 6.07) is 9.35. The number of halogens is 3. The smallest absolute Gasteiger partial charge is 0.258 e. The highest BCUT2D eigenvalue weighted by Gasteiger charge is 2.20. The maximum atomic E-state index is 13.7. The predicted octanol–water partition coefficient (Wildman–Crippen LogP) is 3.89. The fourth-order valence-corrected chi connectivity index (χ4v) is 3.15. The first-order valence-electron chi connectivity index (χ1n) is 8.90. The molecule has 0 bridgehead atoms. The molecule has 1 saturated heterocycles. The molecule has 1 N–H and O–H groups in total. The van der Waals surface area contributed by atoms with Gasteiger partial charge in [0.2, 0.25) is 0 Å². The molecule has 1 heterocycles. The molecule has 1 aliphatic heterocycles. The van der Waals surface area contributed by atoms with Crippen molar-refractivity contribution in [2.45, 2.75) is 19.9 Å². The number of carbonyl (C=O) groups excluding carboxylic acids is 1. The van der Waals surface area contributed by atoms with Gasteiger partial charge in [-0.15, -0.1) is 0 Å². The van der Waals surface area contributed by atoms with Crippen LogP contribution in [0.4, 0.5) is 24.5 Å². The topological polar surface area (TPSA) is 35.6 Å². The molecule has 3 rings (SSSR count). The van der Waals surface area contributed by atoms with Crippen molar-refractivity contribution in [1.82, 2.24) is 4.90 Å². The Morgan fingerprint density at radius 1 is 0.926 bits per heavy atom. The minimum atomic E-state index is -1.65. The van der Waals surface area contributed by atoms with Gasteiger partial charge in [0.05, 0.1) is 5.56 Å². The molecule has 1 aliphatic rings. The van der Waals surface area contributed by atoms with E-state index in [2.05, 4.69) is 29.0 Å². The molecule has 7 heteroatoms. The lowest BCUT2D eigenvalue weighted by Crippen LogP contribution is -2.48. The standard InChI is InChI=1S/C20H22F3N3O/c1-13(2)25-9-11-26(12-10-25)15-5-3-14(4-6-15)24-20(27)16-7-8-17(21)19(23)18(16)22/h3-8,13H,9-12H2,1-2H3,(H,24,27). The van der Waals surface area contributed by atoms with Gasteiger partial charge in [0.15, 0.2) is 17.5 Å². The zero-order valence-electron chi connectivity index (χ0n) is 15.3. The largest absolute Gasteiger partial charge is 0.369 e. The second-order valence-electron chi connectivity index (χ2n) is 6.84. The van der Waals surface area contributed by atoms with E-state index in [1.165, 1.54) is 0 Å². The van der Waals surface area contributed by atoms with E-state index in [-0.39, 0.29) is 0 Å². The van der Waals surface area contributed by atoms with Gasteiger partial charge in [-0.05, 0) is 50.2 Å². The molecule has 27 heavy (non-hydrogen) atoms. The average molecular weight is 377 g/mol. The molecule has 1 fully saturated rings. The summed E-state index contributed by atoms with van der Waals surface area (Å²) in [6.45, 7) is 8.19. The van der Waals surface area contributed by atoms with E-state index in [1.807, 2.05) is 12.1 Å². The lowest BCUT2D eigenvalue weighted by atomic mass is 10.1. The third-order valence-electron chi connectivity index (χ3n) is 4.81. The number of piperazine rings is 1. The number of benzene rings is 2. The maximum absolute atomic E-state index is 13.7. The minimum Gasteiger partial charge on any atom is -0.369 e. The van der Waals surface area contributed by atoms with Crippen LogP contribution in [-0.4, -0.2) is 43.0 Å². The van der Waals surface area contributed by atoms with Crippen LogP contribution in [0.15, 0.2) is 36.4 Å². The summed E-state index contributed by atoms with van der Waals surface area (Å²) in [6.07, 6.45) is 0. The third-order valence-corrected chi connectivity index (χ3v) is 4.81. The highest BCUT2D eigenvalue weighted by molar-refractivity contribution is 6.04. The predicted molar refractivity (Wildman–Crippen MR) is 99.6 cm³/mol. The van der Waals surface area contributed by atoms with Gasteiger partial charge < -0.3 is 10.2 Å². The van der Waals surface area contributed by atoms with Crippen molar-refractivity contribution in [3.8, 4) is 0 Å². The van der Waals surface area contributed by atoms with Crippen LogP contribution in [0.5, 0.6) is 0 Å². The number of carbonyl (C=O) groups is 1. The van der Waals surface area contributed by atoms with Gasteiger partial charge in [0, 0.05) is 43.6 Å². The number of anilines is 2. The van der Waals surface area contributed by atoms with Crippen molar-refractivity contribution < 1.29 is 18.0 Å². The van der Waals surface area contributed by atoms with Crippen LogP contribution in [0.2, 0.25) is 0 Å². The first-order valence-corrected chi connectivity index (χ1v) is 8.90. The van der Waals surface area contributed by atoms with Crippen LogP contribution in [0.25, 0.3) is 0 Å². The van der Waals surface area contributed by atoms with E-state index >= 15 is 0 Å². The summed E-state index contributed by atoms with van der Waals surface area (Å²) in [7, 11) is 0. The zero-order chi connectivity index (χ0) is 19.6. The summed E-state index contributed by atoms with van der Waals surface area (Å²) in [5, 5.41) is 2.50. The summed E-state index contributed by atoms with van der Waals surface area (Å²) in [5.74, 6) is -5.30. The fourth-order valence-electron chi connectivity index (χ4n) is 3.15. The molecule has 2 aromatic rings. The van der Waals surface area contributed by atoms with Crippen LogP contribution >= 0.6 is 0 Å². The highest BCUT2D eigenvalue weighted by atomic mass is 19.2. The Balaban J connectivity index is 1.64. The van der Waals surface area contributed by atoms with E-state index in [0.717, 1.165) is 44.0 Å². The molecule has 0 aromatic heterocycles. The molecule has 0 atom stereocenters. The minimum absolute atomic E-state index is 0.452. The van der Waals surface area contributed by atoms with E-state index in [1.54, 1.807) is 12.1 Å². The summed E-state index contributed by atoms with van der Waals surface area (Å²) in [4.78, 5) is 16.8. The Morgan fingerprint density at radius 2 is 1.56 bits per heavy atom. The second-order valence-corrected chi connectivity index (χ2v) is 6.84. The average Bonchev–Trinajstić information content (AvgIpc) is 2.67. The van der Waals surface area contributed by atoms with E-state index < -0.39 is 28.9 Å². The first-order chi connectivity index (χ1) is 12.9. The summed E-state index contributed by atoms with van der Waals surface area (Å²) in [5.41, 5.74) is 0.951. The maximum Gasteiger partial charge on any atom is 0.258 e. The van der Waals surface area contributed by atoms with Gasteiger partial charge in [-0.1, -0.05) is 0 Å². The number of nitrogens with zero attached hydrogens (tertiary/aromatic N) is 2. The molecule has 0 spiro atoms. The van der Waals surface area contributed by atoms with Crippen molar-refractivity contribution in [2.24, 2.45) is 0 Å². The Morgan fingerprint density at radius 3 is 2.15 bits per heavy atom. The third kappa shape index (κ3) is 4.24. The van der Waals surface area contributed by atoms with Gasteiger partial charge in [0.1, 0.15) is 0 Å². The number of nitrogens with one attached hydrogen (secondary N) is 1. The molecule has 144 valence electrons. The first kappa shape index (κ1) is 19.2. The number of amides is 1. The van der Waals surface area contributed by atoms with E-state index in [0.29, 0.717) is 11.7 Å². The van der Waals surface area contributed by atoms with Gasteiger partial charge in [-0.25, -0.2) is 13.2 Å². The molecule has 0 aliphatic carbocycles. The van der Waals surface area contributed by atoms with Gasteiger partial charge >= 0.3 is 0 Å². The summed E-state index contributed by atoms with van der Waals surface area (Å²) >= 11 is 0. The van der Waals surface area contributed by atoms with Crippen molar-refractivity contribution in [3.05, 3.63) is 59.4 Å². The Kier molecular flexibility index (Phi) is 5.70. The Hall–Kier alpha value is -2.54. The van der Waals surface area contributed by atoms with Crippen molar-refractivity contribution >= 4 is 17.3 Å². The molecule has 2 aromatic carbocycles.